The molecule has 0 spiro atoms. The monoisotopic (exact) mass is 477 g/mol. The van der Waals surface area contributed by atoms with Gasteiger partial charge in [0.25, 0.3) is 5.91 Å². The van der Waals surface area contributed by atoms with Gasteiger partial charge in [-0.15, -0.1) is 0 Å². The van der Waals surface area contributed by atoms with E-state index in [0.29, 0.717) is 34.5 Å². The van der Waals surface area contributed by atoms with Crippen LogP contribution in [0.3, 0.4) is 0 Å². The Labute approximate surface area is 206 Å². The van der Waals surface area contributed by atoms with Gasteiger partial charge in [0, 0.05) is 19.2 Å². The number of halogens is 1. The van der Waals surface area contributed by atoms with Gasteiger partial charge < -0.3 is 15.8 Å². The molecular weight excluding hydrogens is 446 g/mol. The summed E-state index contributed by atoms with van der Waals surface area (Å²) in [6, 6.07) is 20.6. The molecule has 178 valence electrons. The summed E-state index contributed by atoms with van der Waals surface area (Å²) < 4.78 is 5.30. The highest BCUT2D eigenvalue weighted by Crippen LogP contribution is 2.29. The van der Waals surface area contributed by atoms with Crippen LogP contribution >= 0.6 is 11.6 Å². The van der Waals surface area contributed by atoms with Crippen LogP contribution in [-0.2, 0) is 6.54 Å². The van der Waals surface area contributed by atoms with Gasteiger partial charge in [-0.05, 0) is 67.1 Å². The van der Waals surface area contributed by atoms with E-state index in [0.717, 1.165) is 32.5 Å². The van der Waals surface area contributed by atoms with E-state index >= 15 is 0 Å². The molecule has 6 heteroatoms. The van der Waals surface area contributed by atoms with Crippen molar-refractivity contribution in [2.45, 2.75) is 26.3 Å². The van der Waals surface area contributed by atoms with Crippen molar-refractivity contribution in [3.63, 3.8) is 0 Å². The van der Waals surface area contributed by atoms with Crippen LogP contribution in [0.2, 0.25) is 5.02 Å². The fourth-order valence-corrected chi connectivity index (χ4v) is 4.70. The van der Waals surface area contributed by atoms with Crippen LogP contribution in [-0.4, -0.2) is 37.6 Å². The number of nitrogen functional groups attached to an aromatic ring is 1. The van der Waals surface area contributed by atoms with E-state index in [4.69, 9.17) is 22.1 Å². The number of rotatable bonds is 7. The van der Waals surface area contributed by atoms with Crippen molar-refractivity contribution in [1.29, 1.82) is 0 Å². The number of nitrogens with zero attached hydrogens (tertiary/aromatic N) is 1. The number of likely N-dealkylation sites (tertiary alicyclic amines) is 1. The van der Waals surface area contributed by atoms with Gasteiger partial charge in [0.1, 0.15) is 5.75 Å². The first-order chi connectivity index (χ1) is 16.4. The molecule has 1 amide bonds. The molecule has 3 aromatic rings. The van der Waals surface area contributed by atoms with Crippen LogP contribution in [0.1, 0.15) is 34.3 Å². The van der Waals surface area contributed by atoms with Crippen molar-refractivity contribution < 1.29 is 9.53 Å². The van der Waals surface area contributed by atoms with Crippen LogP contribution in [0.15, 0.2) is 60.7 Å². The SMILES string of the molecule is COc1cc(N)c(Cl)cc1C(=O)NCC1CCN(Cc2ccc(-c3ccccc3C)cc2)CC1. The van der Waals surface area contributed by atoms with E-state index in [1.807, 2.05) is 0 Å². The van der Waals surface area contributed by atoms with Crippen molar-refractivity contribution >= 4 is 23.2 Å². The maximum absolute atomic E-state index is 12.7. The Hall–Kier alpha value is -3.02. The number of nitrogens with one attached hydrogen (secondary N) is 1. The van der Waals surface area contributed by atoms with Crippen molar-refractivity contribution in [2.24, 2.45) is 5.92 Å². The standard InChI is InChI=1S/C28H32ClN3O2/c1-19-5-3-4-6-23(19)22-9-7-21(8-10-22)18-32-13-11-20(12-14-32)17-31-28(33)24-15-25(29)26(30)16-27(24)34-2/h3-10,15-16,20H,11-14,17-18,30H2,1-2H3,(H,31,33). The minimum Gasteiger partial charge on any atom is -0.496 e. The first-order valence-corrected chi connectivity index (χ1v) is 12.1. The molecule has 0 unspecified atom stereocenters. The molecule has 0 saturated carbocycles. The Kier molecular flexibility index (Phi) is 7.76. The van der Waals surface area contributed by atoms with E-state index in [9.17, 15) is 4.79 Å². The molecule has 0 aromatic heterocycles. The minimum absolute atomic E-state index is 0.185. The second kappa shape index (κ2) is 10.9. The van der Waals surface area contributed by atoms with E-state index in [1.54, 1.807) is 12.1 Å². The molecule has 3 N–H and O–H groups in total. The normalized spacial score (nSPS) is 14.7. The Morgan fingerprint density at radius 2 is 1.82 bits per heavy atom. The highest BCUT2D eigenvalue weighted by atomic mass is 35.5. The molecule has 0 aliphatic carbocycles. The first-order valence-electron chi connectivity index (χ1n) is 11.7. The number of nitrogens with two attached hydrogens (primary N) is 1. The predicted octanol–water partition coefficient (Wildman–Crippen LogP) is 5.55. The number of piperidine rings is 1. The van der Waals surface area contributed by atoms with Crippen molar-refractivity contribution in [3.8, 4) is 16.9 Å². The predicted molar refractivity (Wildman–Crippen MR) is 139 cm³/mol. The number of amides is 1. The van der Waals surface area contributed by atoms with E-state index < -0.39 is 0 Å². The number of ether oxygens (including phenoxy) is 1. The van der Waals surface area contributed by atoms with Gasteiger partial charge in [-0.2, -0.15) is 0 Å². The van der Waals surface area contributed by atoms with Gasteiger partial charge in [-0.25, -0.2) is 0 Å². The highest BCUT2D eigenvalue weighted by molar-refractivity contribution is 6.33. The lowest BCUT2D eigenvalue weighted by Gasteiger charge is -2.32. The third-order valence-corrected chi connectivity index (χ3v) is 6.97. The van der Waals surface area contributed by atoms with Crippen LogP contribution < -0.4 is 15.8 Å². The molecule has 0 atom stereocenters. The summed E-state index contributed by atoms with van der Waals surface area (Å²) in [6.07, 6.45) is 2.11. The van der Waals surface area contributed by atoms with Gasteiger partial charge >= 0.3 is 0 Å². The molecule has 5 nitrogen and oxygen atoms in total. The number of hydrogen-bond donors (Lipinski definition) is 2. The second-order valence-electron chi connectivity index (χ2n) is 9.02. The van der Waals surface area contributed by atoms with E-state index in [2.05, 4.69) is 65.7 Å². The number of aryl methyl sites for hydroxylation is 1. The van der Waals surface area contributed by atoms with Crippen molar-refractivity contribution in [2.75, 3.05) is 32.5 Å². The van der Waals surface area contributed by atoms with E-state index in [1.165, 1.54) is 29.4 Å². The summed E-state index contributed by atoms with van der Waals surface area (Å²) in [4.78, 5) is 15.2. The van der Waals surface area contributed by atoms with Crippen LogP contribution in [0.5, 0.6) is 5.75 Å². The molecule has 34 heavy (non-hydrogen) atoms. The first kappa shape index (κ1) is 24.1. The number of carbonyl (C=O) groups is 1. The summed E-state index contributed by atoms with van der Waals surface area (Å²) in [6.45, 7) is 5.79. The smallest absolute Gasteiger partial charge is 0.255 e. The number of anilines is 1. The fraction of sp³-hybridized carbons (Fsp3) is 0.321. The van der Waals surface area contributed by atoms with Crippen molar-refractivity contribution in [1.82, 2.24) is 10.2 Å². The Balaban J connectivity index is 1.26. The van der Waals surface area contributed by atoms with Gasteiger partial charge in [0.05, 0.1) is 23.4 Å². The number of benzene rings is 3. The lowest BCUT2D eigenvalue weighted by molar-refractivity contribution is 0.0932. The third-order valence-electron chi connectivity index (χ3n) is 6.64. The van der Waals surface area contributed by atoms with Gasteiger partial charge in [-0.1, -0.05) is 60.1 Å². The average molecular weight is 478 g/mol. The Bertz CT molecular complexity index is 1140. The number of carbonyl (C=O) groups excluding carboxylic acids is 1. The quantitative estimate of drug-likeness (QED) is 0.438. The Morgan fingerprint density at radius 3 is 2.50 bits per heavy atom. The van der Waals surface area contributed by atoms with Crippen molar-refractivity contribution in [3.05, 3.63) is 82.4 Å². The third kappa shape index (κ3) is 5.72. The number of hydrogen-bond acceptors (Lipinski definition) is 4. The molecule has 1 aliphatic heterocycles. The molecule has 4 rings (SSSR count). The molecule has 0 radical (unpaired) electrons. The zero-order valence-corrected chi connectivity index (χ0v) is 20.6. The summed E-state index contributed by atoms with van der Waals surface area (Å²) in [5, 5.41) is 3.40. The van der Waals surface area contributed by atoms with E-state index in [-0.39, 0.29) is 5.91 Å². The number of methoxy groups -OCH3 is 1. The van der Waals surface area contributed by atoms with Gasteiger partial charge in [0.15, 0.2) is 0 Å². The summed E-state index contributed by atoms with van der Waals surface area (Å²) >= 11 is 6.10. The zero-order chi connectivity index (χ0) is 24.1. The molecule has 1 saturated heterocycles. The molecular formula is C28H32ClN3O2. The van der Waals surface area contributed by atoms with Crippen LogP contribution in [0, 0.1) is 12.8 Å². The van der Waals surface area contributed by atoms with Gasteiger partial charge in [0.2, 0.25) is 0 Å². The van der Waals surface area contributed by atoms with Gasteiger partial charge in [-0.3, -0.25) is 9.69 Å². The van der Waals surface area contributed by atoms with Crippen LogP contribution in [0.25, 0.3) is 11.1 Å². The highest BCUT2D eigenvalue weighted by Gasteiger charge is 2.21. The summed E-state index contributed by atoms with van der Waals surface area (Å²) in [5.41, 5.74) is 11.8. The summed E-state index contributed by atoms with van der Waals surface area (Å²) in [5.74, 6) is 0.705. The maximum atomic E-state index is 12.7. The summed E-state index contributed by atoms with van der Waals surface area (Å²) in [7, 11) is 1.52. The minimum atomic E-state index is -0.185. The topological polar surface area (TPSA) is 67.6 Å². The zero-order valence-electron chi connectivity index (χ0n) is 19.8. The molecule has 1 heterocycles. The largest absolute Gasteiger partial charge is 0.496 e. The molecule has 1 aliphatic rings. The molecule has 1 fully saturated rings. The lowest BCUT2D eigenvalue weighted by atomic mass is 9.95. The fourth-order valence-electron chi connectivity index (χ4n) is 4.54. The lowest BCUT2D eigenvalue weighted by Crippen LogP contribution is -2.38. The Morgan fingerprint density at radius 1 is 1.12 bits per heavy atom. The average Bonchev–Trinajstić information content (AvgIpc) is 2.85. The second-order valence-corrected chi connectivity index (χ2v) is 9.42. The molecule has 3 aromatic carbocycles. The van der Waals surface area contributed by atoms with Crippen LogP contribution in [0.4, 0.5) is 5.69 Å². The maximum Gasteiger partial charge on any atom is 0.255 e. The molecule has 0 bridgehead atoms.